The summed E-state index contributed by atoms with van der Waals surface area (Å²) < 4.78 is 7.77. The minimum absolute atomic E-state index is 0.00287. The molecule has 1 atom stereocenters. The van der Waals surface area contributed by atoms with E-state index in [1.807, 2.05) is 19.4 Å². The number of nitrogens with zero attached hydrogens (tertiary/aromatic N) is 2. The summed E-state index contributed by atoms with van der Waals surface area (Å²) in [4.78, 5) is 4.16. The Balaban J connectivity index is 2.15. The molecule has 0 aliphatic heterocycles. The smallest absolute Gasteiger partial charge is 0.111 e. The van der Waals surface area contributed by atoms with Crippen LogP contribution >= 0.6 is 0 Å². The molecule has 1 fully saturated rings. The summed E-state index contributed by atoms with van der Waals surface area (Å²) in [7, 11) is 0. The van der Waals surface area contributed by atoms with Crippen LogP contribution in [0.15, 0.2) is 12.5 Å². The summed E-state index contributed by atoms with van der Waals surface area (Å²) in [6.07, 6.45) is 6.27. The van der Waals surface area contributed by atoms with Gasteiger partial charge in [-0.05, 0) is 19.8 Å². The van der Waals surface area contributed by atoms with Gasteiger partial charge in [-0.2, -0.15) is 0 Å². The molecule has 1 saturated carbocycles. The third kappa shape index (κ3) is 1.81. The molecule has 1 heterocycles. The second kappa shape index (κ2) is 4.11. The normalized spacial score (nSPS) is 18.4. The number of imidazole rings is 1. The van der Waals surface area contributed by atoms with Crippen LogP contribution in [0.2, 0.25) is 0 Å². The molecular weight excluding hydrogens is 178 g/mol. The van der Waals surface area contributed by atoms with Crippen molar-refractivity contribution in [3.8, 4) is 0 Å². The lowest BCUT2D eigenvalue weighted by Crippen LogP contribution is -2.18. The van der Waals surface area contributed by atoms with Gasteiger partial charge in [0.1, 0.15) is 6.10 Å². The fourth-order valence-electron chi connectivity index (χ4n) is 1.70. The van der Waals surface area contributed by atoms with E-state index in [9.17, 15) is 0 Å². The topological polar surface area (TPSA) is 53.1 Å². The standard InChI is InChI=1S/C10H17N3O/c1-2-14-10(5-11)9-6-12-7-13(9)8-3-4-8/h6-8,10H,2-5,11H2,1H3. The fourth-order valence-corrected chi connectivity index (χ4v) is 1.70. The maximum atomic E-state index is 5.67. The quantitative estimate of drug-likeness (QED) is 0.769. The first-order chi connectivity index (χ1) is 6.86. The maximum Gasteiger partial charge on any atom is 0.111 e. The van der Waals surface area contributed by atoms with E-state index >= 15 is 0 Å². The zero-order valence-corrected chi connectivity index (χ0v) is 8.52. The molecule has 1 aliphatic carbocycles. The first-order valence-electron chi connectivity index (χ1n) is 5.20. The third-order valence-electron chi connectivity index (χ3n) is 2.55. The highest BCUT2D eigenvalue weighted by Gasteiger charge is 2.27. The van der Waals surface area contributed by atoms with Crippen LogP contribution in [0.3, 0.4) is 0 Å². The second-order valence-electron chi connectivity index (χ2n) is 3.64. The predicted molar refractivity (Wildman–Crippen MR) is 53.9 cm³/mol. The monoisotopic (exact) mass is 195 g/mol. The summed E-state index contributed by atoms with van der Waals surface area (Å²) in [5.41, 5.74) is 6.80. The van der Waals surface area contributed by atoms with Gasteiger partial charge < -0.3 is 15.0 Å². The Morgan fingerprint density at radius 2 is 2.50 bits per heavy atom. The molecule has 1 aromatic rings. The van der Waals surface area contributed by atoms with Crippen LogP contribution in [0.4, 0.5) is 0 Å². The average Bonchev–Trinajstić information content (AvgIpc) is 2.94. The Bertz CT molecular complexity index is 293. The predicted octanol–water partition coefficient (Wildman–Crippen LogP) is 1.25. The van der Waals surface area contributed by atoms with Gasteiger partial charge in [0.15, 0.2) is 0 Å². The highest BCUT2D eigenvalue weighted by atomic mass is 16.5. The van der Waals surface area contributed by atoms with E-state index in [0.717, 1.165) is 5.69 Å². The van der Waals surface area contributed by atoms with E-state index in [4.69, 9.17) is 10.5 Å². The Morgan fingerprint density at radius 3 is 3.07 bits per heavy atom. The molecule has 78 valence electrons. The molecule has 1 unspecified atom stereocenters. The highest BCUT2D eigenvalue weighted by Crippen LogP contribution is 2.37. The number of aromatic nitrogens is 2. The first-order valence-corrected chi connectivity index (χ1v) is 5.20. The van der Waals surface area contributed by atoms with Gasteiger partial charge in [-0.1, -0.05) is 0 Å². The molecule has 0 amide bonds. The lowest BCUT2D eigenvalue weighted by Gasteiger charge is -2.16. The minimum Gasteiger partial charge on any atom is -0.371 e. The molecule has 4 nitrogen and oxygen atoms in total. The van der Waals surface area contributed by atoms with Crippen molar-refractivity contribution in [1.29, 1.82) is 0 Å². The molecule has 0 saturated heterocycles. The van der Waals surface area contributed by atoms with Crippen LogP contribution in [0, 0.1) is 0 Å². The molecule has 0 spiro atoms. The molecule has 2 N–H and O–H groups in total. The maximum absolute atomic E-state index is 5.67. The van der Waals surface area contributed by atoms with Crippen LogP contribution in [0.1, 0.15) is 37.6 Å². The Labute approximate surface area is 84.1 Å². The van der Waals surface area contributed by atoms with Crippen LogP contribution in [0.5, 0.6) is 0 Å². The van der Waals surface area contributed by atoms with Crippen molar-refractivity contribution in [2.45, 2.75) is 31.9 Å². The molecule has 14 heavy (non-hydrogen) atoms. The van der Waals surface area contributed by atoms with Gasteiger partial charge in [-0.15, -0.1) is 0 Å². The molecule has 2 rings (SSSR count). The van der Waals surface area contributed by atoms with Crippen molar-refractivity contribution in [2.75, 3.05) is 13.2 Å². The second-order valence-corrected chi connectivity index (χ2v) is 3.64. The van der Waals surface area contributed by atoms with Gasteiger partial charge in [-0.25, -0.2) is 4.98 Å². The van der Waals surface area contributed by atoms with E-state index < -0.39 is 0 Å². The third-order valence-corrected chi connectivity index (χ3v) is 2.55. The zero-order valence-electron chi connectivity index (χ0n) is 8.52. The molecule has 1 aromatic heterocycles. The summed E-state index contributed by atoms with van der Waals surface area (Å²) in [6, 6.07) is 0.641. The minimum atomic E-state index is 0.00287. The number of hydrogen-bond donors (Lipinski definition) is 1. The Kier molecular flexibility index (Phi) is 2.84. The van der Waals surface area contributed by atoms with E-state index in [0.29, 0.717) is 19.2 Å². The molecular formula is C10H17N3O. The zero-order chi connectivity index (χ0) is 9.97. The highest BCUT2D eigenvalue weighted by molar-refractivity contribution is 5.07. The molecule has 1 aliphatic rings. The van der Waals surface area contributed by atoms with Crippen molar-refractivity contribution in [1.82, 2.24) is 9.55 Å². The number of hydrogen-bond acceptors (Lipinski definition) is 3. The summed E-state index contributed by atoms with van der Waals surface area (Å²) in [5, 5.41) is 0. The van der Waals surface area contributed by atoms with Gasteiger partial charge in [0, 0.05) is 19.2 Å². The van der Waals surface area contributed by atoms with Crippen molar-refractivity contribution in [3.63, 3.8) is 0 Å². The van der Waals surface area contributed by atoms with Crippen LogP contribution in [-0.4, -0.2) is 22.7 Å². The van der Waals surface area contributed by atoms with E-state index in [2.05, 4.69) is 9.55 Å². The van der Waals surface area contributed by atoms with Crippen LogP contribution in [0.25, 0.3) is 0 Å². The van der Waals surface area contributed by atoms with Crippen molar-refractivity contribution in [2.24, 2.45) is 5.73 Å². The first kappa shape index (κ1) is 9.68. The van der Waals surface area contributed by atoms with Gasteiger partial charge in [0.25, 0.3) is 0 Å². The van der Waals surface area contributed by atoms with Crippen molar-refractivity contribution < 1.29 is 4.74 Å². The average molecular weight is 195 g/mol. The SMILES string of the molecule is CCOC(CN)c1cncn1C1CC1. The van der Waals surface area contributed by atoms with Gasteiger partial charge in [0.05, 0.1) is 18.2 Å². The number of rotatable bonds is 5. The summed E-state index contributed by atoms with van der Waals surface area (Å²) in [5.74, 6) is 0. The lowest BCUT2D eigenvalue weighted by atomic mass is 10.2. The van der Waals surface area contributed by atoms with E-state index in [-0.39, 0.29) is 6.10 Å². The molecule has 0 aromatic carbocycles. The fraction of sp³-hybridized carbons (Fsp3) is 0.700. The van der Waals surface area contributed by atoms with E-state index in [1.165, 1.54) is 12.8 Å². The Morgan fingerprint density at radius 1 is 1.71 bits per heavy atom. The van der Waals surface area contributed by atoms with Crippen LogP contribution in [-0.2, 0) is 4.74 Å². The Hall–Kier alpha value is -0.870. The van der Waals surface area contributed by atoms with Crippen molar-refractivity contribution in [3.05, 3.63) is 18.2 Å². The number of nitrogens with two attached hydrogens (primary N) is 1. The van der Waals surface area contributed by atoms with Gasteiger partial charge >= 0.3 is 0 Å². The van der Waals surface area contributed by atoms with E-state index in [1.54, 1.807) is 0 Å². The van der Waals surface area contributed by atoms with Crippen LogP contribution < -0.4 is 5.73 Å². The lowest BCUT2D eigenvalue weighted by molar-refractivity contribution is 0.0631. The van der Waals surface area contributed by atoms with Gasteiger partial charge in [-0.3, -0.25) is 0 Å². The number of ether oxygens (including phenoxy) is 1. The largest absolute Gasteiger partial charge is 0.371 e. The summed E-state index contributed by atoms with van der Waals surface area (Å²) in [6.45, 7) is 3.20. The summed E-state index contributed by atoms with van der Waals surface area (Å²) >= 11 is 0. The van der Waals surface area contributed by atoms with Crippen molar-refractivity contribution >= 4 is 0 Å². The molecule has 0 radical (unpaired) electrons. The molecule has 0 bridgehead atoms. The van der Waals surface area contributed by atoms with Gasteiger partial charge in [0.2, 0.25) is 0 Å². The molecule has 4 heteroatoms.